The van der Waals surface area contributed by atoms with E-state index in [-0.39, 0.29) is 6.04 Å². The summed E-state index contributed by atoms with van der Waals surface area (Å²) in [5.74, 6) is 0.911. The number of hydrogen-bond donors (Lipinski definition) is 1. The predicted molar refractivity (Wildman–Crippen MR) is 72.9 cm³/mol. The number of nitrogens with one attached hydrogen (secondary N) is 1. The zero-order valence-electron chi connectivity index (χ0n) is 9.89. The molecule has 0 aliphatic rings. The van der Waals surface area contributed by atoms with Crippen molar-refractivity contribution in [1.29, 1.82) is 0 Å². The van der Waals surface area contributed by atoms with Crippen LogP contribution in [0.3, 0.4) is 0 Å². The summed E-state index contributed by atoms with van der Waals surface area (Å²) >= 11 is 12.1. The fourth-order valence-corrected chi connectivity index (χ4v) is 2.48. The Morgan fingerprint density at radius 2 is 2.00 bits per heavy atom. The van der Waals surface area contributed by atoms with E-state index < -0.39 is 0 Å². The van der Waals surface area contributed by atoms with Gasteiger partial charge in [0.05, 0.1) is 11.1 Å². The Morgan fingerprint density at radius 3 is 2.65 bits per heavy atom. The quantitative estimate of drug-likeness (QED) is 0.864. The third kappa shape index (κ3) is 2.59. The molecule has 0 aliphatic heterocycles. The second-order valence-corrected chi connectivity index (χ2v) is 4.81. The first kappa shape index (κ1) is 12.7. The van der Waals surface area contributed by atoms with Crippen LogP contribution < -0.4 is 5.32 Å². The molecule has 0 radical (unpaired) electrons. The molecule has 0 fully saturated rings. The summed E-state index contributed by atoms with van der Waals surface area (Å²) < 4.78 is 5.80. The Bertz CT molecular complexity index is 521. The van der Waals surface area contributed by atoms with E-state index in [0.717, 1.165) is 29.7 Å². The molecular formula is C13H15Cl2NO. The van der Waals surface area contributed by atoms with Gasteiger partial charge in [-0.25, -0.2) is 0 Å². The van der Waals surface area contributed by atoms with Crippen molar-refractivity contribution < 1.29 is 4.42 Å². The van der Waals surface area contributed by atoms with Crippen LogP contribution in [0.4, 0.5) is 0 Å². The molecule has 4 heteroatoms. The Labute approximate surface area is 111 Å². The van der Waals surface area contributed by atoms with Gasteiger partial charge >= 0.3 is 0 Å². The average molecular weight is 272 g/mol. The maximum absolute atomic E-state index is 6.14. The van der Waals surface area contributed by atoms with Crippen molar-refractivity contribution in [2.45, 2.75) is 26.3 Å². The molecular weight excluding hydrogens is 257 g/mol. The molecule has 1 aromatic carbocycles. The van der Waals surface area contributed by atoms with Crippen molar-refractivity contribution in [3.05, 3.63) is 34.0 Å². The van der Waals surface area contributed by atoms with Crippen LogP contribution >= 0.6 is 23.2 Å². The van der Waals surface area contributed by atoms with E-state index in [9.17, 15) is 0 Å². The second kappa shape index (κ2) is 5.30. The van der Waals surface area contributed by atoms with Gasteiger partial charge in [0, 0.05) is 16.5 Å². The van der Waals surface area contributed by atoms with Gasteiger partial charge in [0.25, 0.3) is 0 Å². The molecule has 2 nitrogen and oxygen atoms in total. The van der Waals surface area contributed by atoms with E-state index in [4.69, 9.17) is 27.6 Å². The lowest BCUT2D eigenvalue weighted by atomic mass is 10.1. The fraction of sp³-hybridized carbons (Fsp3) is 0.385. The minimum atomic E-state index is 0.224. The molecule has 2 aromatic rings. The van der Waals surface area contributed by atoms with Crippen molar-refractivity contribution in [2.75, 3.05) is 6.54 Å². The predicted octanol–water partition coefficient (Wildman–Crippen LogP) is 4.80. The van der Waals surface area contributed by atoms with Gasteiger partial charge in [-0.15, -0.1) is 0 Å². The molecule has 0 spiro atoms. The summed E-state index contributed by atoms with van der Waals surface area (Å²) in [6.07, 6.45) is 0.971. The lowest BCUT2D eigenvalue weighted by Gasteiger charge is -2.11. The van der Waals surface area contributed by atoms with Gasteiger partial charge in [-0.05, 0) is 25.1 Å². The monoisotopic (exact) mass is 271 g/mol. The molecule has 1 aromatic heterocycles. The van der Waals surface area contributed by atoms with Crippen molar-refractivity contribution >= 4 is 34.2 Å². The van der Waals surface area contributed by atoms with E-state index in [0.29, 0.717) is 10.0 Å². The Balaban J connectivity index is 2.46. The summed E-state index contributed by atoms with van der Waals surface area (Å²) in [6.45, 7) is 5.11. The minimum Gasteiger partial charge on any atom is -0.459 e. The highest BCUT2D eigenvalue weighted by molar-refractivity contribution is 6.38. The van der Waals surface area contributed by atoms with Crippen LogP contribution in [-0.2, 0) is 0 Å². The smallest absolute Gasteiger partial charge is 0.137 e. The minimum absolute atomic E-state index is 0.224. The number of rotatable bonds is 4. The van der Waals surface area contributed by atoms with Gasteiger partial charge in [0.15, 0.2) is 0 Å². The molecule has 1 atom stereocenters. The molecule has 2 rings (SSSR count). The SMILES string of the molecule is CCNC(CC)c1cc2c(Cl)cc(Cl)cc2o1. The van der Waals surface area contributed by atoms with Gasteiger partial charge in [-0.1, -0.05) is 37.0 Å². The summed E-state index contributed by atoms with van der Waals surface area (Å²) in [5.41, 5.74) is 0.744. The molecule has 1 N–H and O–H groups in total. The first-order valence-electron chi connectivity index (χ1n) is 5.77. The zero-order chi connectivity index (χ0) is 12.4. The van der Waals surface area contributed by atoms with Crippen LogP contribution in [0.25, 0.3) is 11.0 Å². The third-order valence-electron chi connectivity index (χ3n) is 2.77. The molecule has 0 saturated carbocycles. The first-order chi connectivity index (χ1) is 8.15. The van der Waals surface area contributed by atoms with Gasteiger partial charge in [0.1, 0.15) is 11.3 Å². The number of fused-ring (bicyclic) bond motifs is 1. The van der Waals surface area contributed by atoms with Crippen LogP contribution in [0.1, 0.15) is 32.1 Å². The third-order valence-corrected chi connectivity index (χ3v) is 3.30. The molecule has 0 amide bonds. The summed E-state index contributed by atoms with van der Waals surface area (Å²) in [6, 6.07) is 5.75. The lowest BCUT2D eigenvalue weighted by Crippen LogP contribution is -2.19. The van der Waals surface area contributed by atoms with Crippen LogP contribution in [0.15, 0.2) is 22.6 Å². The van der Waals surface area contributed by atoms with Crippen LogP contribution in [0.2, 0.25) is 10.0 Å². The van der Waals surface area contributed by atoms with Crippen molar-refractivity contribution in [1.82, 2.24) is 5.32 Å². The van der Waals surface area contributed by atoms with E-state index >= 15 is 0 Å². The topological polar surface area (TPSA) is 25.2 Å². The van der Waals surface area contributed by atoms with Crippen LogP contribution in [0.5, 0.6) is 0 Å². The highest BCUT2D eigenvalue weighted by Crippen LogP contribution is 2.33. The fourth-order valence-electron chi connectivity index (χ4n) is 1.95. The van der Waals surface area contributed by atoms with Crippen molar-refractivity contribution in [3.8, 4) is 0 Å². The van der Waals surface area contributed by atoms with Gasteiger partial charge < -0.3 is 9.73 Å². The molecule has 92 valence electrons. The standard InChI is InChI=1S/C13H15Cl2NO/c1-3-11(16-4-2)13-7-9-10(15)5-8(14)6-12(9)17-13/h5-7,11,16H,3-4H2,1-2H3. The number of hydrogen-bond acceptors (Lipinski definition) is 2. The molecule has 0 aliphatic carbocycles. The number of benzene rings is 1. The lowest BCUT2D eigenvalue weighted by molar-refractivity contribution is 0.428. The van der Waals surface area contributed by atoms with Gasteiger partial charge in [0.2, 0.25) is 0 Å². The maximum atomic E-state index is 6.14. The van der Waals surface area contributed by atoms with Crippen molar-refractivity contribution in [2.24, 2.45) is 0 Å². The molecule has 0 bridgehead atoms. The zero-order valence-corrected chi connectivity index (χ0v) is 11.4. The first-order valence-corrected chi connectivity index (χ1v) is 6.53. The maximum Gasteiger partial charge on any atom is 0.137 e. The van der Waals surface area contributed by atoms with Crippen molar-refractivity contribution in [3.63, 3.8) is 0 Å². The molecule has 1 heterocycles. The summed E-state index contributed by atoms with van der Waals surface area (Å²) in [4.78, 5) is 0. The molecule has 1 unspecified atom stereocenters. The van der Waals surface area contributed by atoms with Crippen LogP contribution in [0, 0.1) is 0 Å². The molecule has 17 heavy (non-hydrogen) atoms. The molecule has 0 saturated heterocycles. The number of furan rings is 1. The Hall–Kier alpha value is -0.700. The second-order valence-electron chi connectivity index (χ2n) is 3.97. The van der Waals surface area contributed by atoms with Gasteiger partial charge in [-0.3, -0.25) is 0 Å². The highest BCUT2D eigenvalue weighted by atomic mass is 35.5. The van der Waals surface area contributed by atoms with Crippen LogP contribution in [-0.4, -0.2) is 6.54 Å². The van der Waals surface area contributed by atoms with E-state index in [1.54, 1.807) is 12.1 Å². The average Bonchev–Trinajstić information content (AvgIpc) is 2.69. The van der Waals surface area contributed by atoms with E-state index in [1.165, 1.54) is 0 Å². The highest BCUT2D eigenvalue weighted by Gasteiger charge is 2.15. The summed E-state index contributed by atoms with van der Waals surface area (Å²) in [7, 11) is 0. The van der Waals surface area contributed by atoms with Gasteiger partial charge in [-0.2, -0.15) is 0 Å². The normalized spacial score (nSPS) is 13.2. The summed E-state index contributed by atoms with van der Waals surface area (Å²) in [5, 5.41) is 5.52. The largest absolute Gasteiger partial charge is 0.459 e. The number of halogens is 2. The van der Waals surface area contributed by atoms with E-state index in [2.05, 4.69) is 19.2 Å². The van der Waals surface area contributed by atoms with E-state index in [1.807, 2.05) is 6.07 Å². The Kier molecular flexibility index (Phi) is 3.97. The Morgan fingerprint density at radius 1 is 1.24 bits per heavy atom.